The van der Waals surface area contributed by atoms with Crippen molar-refractivity contribution in [1.29, 1.82) is 0 Å². The molecular weight excluding hydrogens is 568 g/mol. The molecule has 0 bridgehead atoms. The number of aromatic nitrogens is 3. The van der Waals surface area contributed by atoms with E-state index in [-0.39, 0.29) is 12.0 Å². The number of hydrogen-bond acceptors (Lipinski definition) is 7. The molecular formula is C36H50N4O5. The predicted octanol–water partition coefficient (Wildman–Crippen LogP) is 7.39. The van der Waals surface area contributed by atoms with Gasteiger partial charge in [0, 0.05) is 19.1 Å². The van der Waals surface area contributed by atoms with Crippen molar-refractivity contribution in [2.75, 3.05) is 26.4 Å². The van der Waals surface area contributed by atoms with Crippen LogP contribution < -0.4 is 5.32 Å². The number of ether oxygens (including phenoxy) is 4. The molecule has 0 radical (unpaired) electrons. The summed E-state index contributed by atoms with van der Waals surface area (Å²) < 4.78 is 24.6. The Hall–Kier alpha value is -3.27. The average Bonchev–Trinajstić information content (AvgIpc) is 3.74. The van der Waals surface area contributed by atoms with Crippen LogP contribution in [-0.2, 0) is 32.0 Å². The van der Waals surface area contributed by atoms with Gasteiger partial charge >= 0.3 is 6.09 Å². The first kappa shape index (κ1) is 33.1. The van der Waals surface area contributed by atoms with Crippen LogP contribution in [0.25, 0.3) is 11.1 Å². The average molecular weight is 619 g/mol. The van der Waals surface area contributed by atoms with E-state index >= 15 is 0 Å². The predicted molar refractivity (Wildman–Crippen MR) is 174 cm³/mol. The van der Waals surface area contributed by atoms with Crippen LogP contribution in [0.15, 0.2) is 54.7 Å². The fourth-order valence-corrected chi connectivity index (χ4v) is 6.29. The van der Waals surface area contributed by atoms with Gasteiger partial charge in [0.1, 0.15) is 18.4 Å². The van der Waals surface area contributed by atoms with Crippen molar-refractivity contribution < 1.29 is 23.7 Å². The molecule has 3 aromatic rings. The number of carbonyl (C=O) groups is 1. The normalized spacial score (nSPS) is 16.9. The van der Waals surface area contributed by atoms with Crippen molar-refractivity contribution in [1.82, 2.24) is 20.3 Å². The summed E-state index contributed by atoms with van der Waals surface area (Å²) in [6, 6.07) is 16.7. The molecule has 1 fully saturated rings. The maximum absolute atomic E-state index is 12.5. The van der Waals surface area contributed by atoms with E-state index < -0.39 is 11.9 Å². The van der Waals surface area contributed by atoms with Gasteiger partial charge in [-0.2, -0.15) is 0 Å². The number of amides is 1. The number of aryl methyl sites for hydroxylation is 1. The quantitative estimate of drug-likeness (QED) is 0.140. The molecule has 1 N–H and O–H groups in total. The van der Waals surface area contributed by atoms with Crippen LogP contribution in [0.5, 0.6) is 0 Å². The Labute approximate surface area is 268 Å². The highest BCUT2D eigenvalue weighted by Crippen LogP contribution is 2.44. The van der Waals surface area contributed by atoms with Crippen LogP contribution in [0.2, 0.25) is 0 Å². The van der Waals surface area contributed by atoms with Crippen molar-refractivity contribution in [2.24, 2.45) is 0 Å². The van der Waals surface area contributed by atoms with Gasteiger partial charge in [0.2, 0.25) is 0 Å². The lowest BCUT2D eigenvalue weighted by molar-refractivity contribution is -0.145. The zero-order chi connectivity index (χ0) is 31.3. The molecule has 45 heavy (non-hydrogen) atoms. The molecule has 1 unspecified atom stereocenters. The van der Waals surface area contributed by atoms with Crippen molar-refractivity contribution in [2.45, 2.75) is 109 Å². The molecule has 1 aromatic heterocycles. The topological polar surface area (TPSA) is 96.7 Å². The Kier molecular flexibility index (Phi) is 12.4. The molecule has 5 rings (SSSR count). The second-order valence-electron chi connectivity index (χ2n) is 12.7. The van der Waals surface area contributed by atoms with E-state index in [9.17, 15) is 4.79 Å². The first-order valence-electron chi connectivity index (χ1n) is 16.9. The van der Waals surface area contributed by atoms with Gasteiger partial charge in [-0.1, -0.05) is 105 Å². The Morgan fingerprint density at radius 3 is 2.16 bits per heavy atom. The number of alkyl carbamates (subject to hydrolysis) is 1. The highest BCUT2D eigenvalue weighted by atomic mass is 16.7. The highest BCUT2D eigenvalue weighted by molar-refractivity contribution is 5.79. The third-order valence-electron chi connectivity index (χ3n) is 8.64. The van der Waals surface area contributed by atoms with Crippen LogP contribution in [0.3, 0.4) is 0 Å². The zero-order valence-electron chi connectivity index (χ0n) is 27.0. The summed E-state index contributed by atoms with van der Waals surface area (Å²) in [6.45, 7) is 7.39. The third-order valence-corrected chi connectivity index (χ3v) is 8.64. The fraction of sp³-hybridized carbons (Fsp3) is 0.583. The Bertz CT molecular complexity index is 1300. The molecule has 1 atom stereocenters. The van der Waals surface area contributed by atoms with Crippen LogP contribution in [0, 0.1) is 0 Å². The molecule has 0 spiro atoms. The smallest absolute Gasteiger partial charge is 0.407 e. The van der Waals surface area contributed by atoms with Gasteiger partial charge in [0.25, 0.3) is 0 Å². The van der Waals surface area contributed by atoms with Crippen LogP contribution >= 0.6 is 0 Å². The van der Waals surface area contributed by atoms with Crippen LogP contribution in [-0.4, -0.2) is 59.4 Å². The van der Waals surface area contributed by atoms with E-state index in [2.05, 4.69) is 39.9 Å². The number of rotatable bonds is 19. The zero-order valence-corrected chi connectivity index (χ0v) is 27.0. The lowest BCUT2D eigenvalue weighted by Gasteiger charge is -2.17. The molecule has 2 aliphatic rings. The van der Waals surface area contributed by atoms with Gasteiger partial charge in [-0.25, -0.2) is 4.79 Å². The van der Waals surface area contributed by atoms with E-state index in [4.69, 9.17) is 18.9 Å². The van der Waals surface area contributed by atoms with Gasteiger partial charge in [0.15, 0.2) is 5.79 Å². The van der Waals surface area contributed by atoms with E-state index in [1.54, 1.807) is 0 Å². The molecule has 1 saturated heterocycles. The lowest BCUT2D eigenvalue weighted by Crippen LogP contribution is -2.25. The van der Waals surface area contributed by atoms with E-state index in [0.717, 1.165) is 31.7 Å². The second-order valence-corrected chi connectivity index (χ2v) is 12.7. The van der Waals surface area contributed by atoms with Gasteiger partial charge in [-0.05, 0) is 48.9 Å². The molecule has 2 heterocycles. The number of carbonyl (C=O) groups excluding carboxylic acids is 1. The first-order valence-corrected chi connectivity index (χ1v) is 16.9. The van der Waals surface area contributed by atoms with Gasteiger partial charge < -0.3 is 24.3 Å². The highest BCUT2D eigenvalue weighted by Gasteiger charge is 2.32. The number of fused-ring (bicyclic) bond motifs is 3. The Morgan fingerprint density at radius 2 is 1.51 bits per heavy atom. The maximum atomic E-state index is 12.5. The summed E-state index contributed by atoms with van der Waals surface area (Å²) in [7, 11) is 0. The van der Waals surface area contributed by atoms with Gasteiger partial charge in [0.05, 0.1) is 26.0 Å². The van der Waals surface area contributed by atoms with Crippen LogP contribution in [0.4, 0.5) is 4.79 Å². The van der Waals surface area contributed by atoms with Crippen molar-refractivity contribution in [3.05, 3.63) is 71.5 Å². The number of nitrogens with zero attached hydrogens (tertiary/aromatic N) is 3. The minimum absolute atomic E-state index is 0.0480. The number of hydrogen-bond donors (Lipinski definition) is 1. The molecule has 244 valence electrons. The lowest BCUT2D eigenvalue weighted by atomic mass is 9.98. The monoisotopic (exact) mass is 618 g/mol. The van der Waals surface area contributed by atoms with Crippen molar-refractivity contribution in [3.63, 3.8) is 0 Å². The fourth-order valence-electron chi connectivity index (χ4n) is 6.29. The number of unbranched alkanes of at least 4 members (excludes halogenated alkanes) is 9. The first-order chi connectivity index (χ1) is 22.0. The standard InChI is InChI=1S/C36H50N4O5/c1-36(2)44-26-29(45-36)25-42-22-16-10-8-6-4-3-5-7-9-15-21-40-24-28(38-39-40)23-37-35(41)43-27-34-32-19-13-11-17-30(32)31-18-12-14-20-33(31)34/h11-14,17-20,24,29,34H,3-10,15-16,21-23,25-27H2,1-2H3,(H,37,41). The minimum atomic E-state index is -0.466. The van der Waals surface area contributed by atoms with E-state index in [1.165, 1.54) is 73.6 Å². The van der Waals surface area contributed by atoms with E-state index in [0.29, 0.717) is 26.4 Å². The van der Waals surface area contributed by atoms with Gasteiger partial charge in [-0.3, -0.25) is 4.68 Å². The molecule has 0 saturated carbocycles. The molecule has 9 nitrogen and oxygen atoms in total. The largest absolute Gasteiger partial charge is 0.449 e. The summed E-state index contributed by atoms with van der Waals surface area (Å²) in [4.78, 5) is 12.5. The summed E-state index contributed by atoms with van der Waals surface area (Å²) in [5.74, 6) is -0.418. The molecule has 1 amide bonds. The Morgan fingerprint density at radius 1 is 0.889 bits per heavy atom. The summed E-state index contributed by atoms with van der Waals surface area (Å²) >= 11 is 0. The summed E-state index contributed by atoms with van der Waals surface area (Å²) in [5.41, 5.74) is 5.57. The van der Waals surface area contributed by atoms with E-state index in [1.807, 2.05) is 49.0 Å². The molecule has 2 aromatic carbocycles. The molecule has 1 aliphatic heterocycles. The van der Waals surface area contributed by atoms with Gasteiger partial charge in [-0.15, -0.1) is 5.10 Å². The Balaban J connectivity index is 0.845. The number of benzene rings is 2. The van der Waals surface area contributed by atoms with Crippen molar-refractivity contribution >= 4 is 6.09 Å². The second kappa shape index (κ2) is 16.9. The summed E-state index contributed by atoms with van der Waals surface area (Å²) in [6.07, 6.45) is 13.9. The summed E-state index contributed by atoms with van der Waals surface area (Å²) in [5, 5.41) is 11.3. The minimum Gasteiger partial charge on any atom is -0.449 e. The third kappa shape index (κ3) is 10.1. The van der Waals surface area contributed by atoms with Crippen LogP contribution in [0.1, 0.15) is 101 Å². The van der Waals surface area contributed by atoms with Crippen molar-refractivity contribution in [3.8, 4) is 11.1 Å². The SMILES string of the molecule is CC1(C)OCC(COCCCCCCCCCCCCn2cc(CNC(=O)OCC3c4ccccc4-c4ccccc43)nn2)O1. The molecule has 9 heteroatoms. The molecule has 1 aliphatic carbocycles. The maximum Gasteiger partial charge on any atom is 0.407 e. The number of nitrogens with one attached hydrogen (secondary N) is 1.